The van der Waals surface area contributed by atoms with E-state index in [1.54, 1.807) is 0 Å². The molecule has 1 aliphatic carbocycles. The molecule has 0 radical (unpaired) electrons. The molecule has 18 heavy (non-hydrogen) atoms. The molecule has 2 aliphatic heterocycles. The van der Waals surface area contributed by atoms with Crippen LogP contribution in [0.3, 0.4) is 0 Å². The van der Waals surface area contributed by atoms with Crippen LogP contribution in [-0.4, -0.2) is 35.6 Å². The van der Waals surface area contributed by atoms with Crippen LogP contribution in [0.1, 0.15) is 65.2 Å². The van der Waals surface area contributed by atoms with E-state index >= 15 is 0 Å². The molecule has 0 spiro atoms. The molecule has 104 valence electrons. The lowest BCUT2D eigenvalue weighted by molar-refractivity contribution is 0.0450. The van der Waals surface area contributed by atoms with E-state index in [0.29, 0.717) is 0 Å². The Balaban J connectivity index is 1.61. The first kappa shape index (κ1) is 12.9. The van der Waals surface area contributed by atoms with E-state index in [4.69, 9.17) is 0 Å². The Morgan fingerprint density at radius 2 is 1.44 bits per heavy atom. The van der Waals surface area contributed by atoms with Crippen molar-refractivity contribution >= 4 is 0 Å². The average molecular weight is 250 g/mol. The van der Waals surface area contributed by atoms with Crippen LogP contribution < -0.4 is 5.32 Å². The van der Waals surface area contributed by atoms with Crippen LogP contribution in [0, 0.1) is 5.92 Å². The number of rotatable bonds is 3. The summed E-state index contributed by atoms with van der Waals surface area (Å²) < 4.78 is 0. The molecule has 2 unspecified atom stereocenters. The van der Waals surface area contributed by atoms with E-state index in [-0.39, 0.29) is 0 Å². The first-order valence-electron chi connectivity index (χ1n) is 8.28. The molecule has 1 N–H and O–H groups in total. The molecule has 3 rings (SSSR count). The van der Waals surface area contributed by atoms with Crippen molar-refractivity contribution in [3.8, 4) is 0 Å². The summed E-state index contributed by atoms with van der Waals surface area (Å²) in [7, 11) is 0. The van der Waals surface area contributed by atoms with Gasteiger partial charge in [0.2, 0.25) is 0 Å². The highest BCUT2D eigenvalue weighted by atomic mass is 15.3. The van der Waals surface area contributed by atoms with Crippen LogP contribution in [0.5, 0.6) is 0 Å². The summed E-state index contributed by atoms with van der Waals surface area (Å²) in [6.07, 6.45) is 11.7. The van der Waals surface area contributed by atoms with Gasteiger partial charge in [0.1, 0.15) is 0 Å². The van der Waals surface area contributed by atoms with E-state index in [0.717, 1.165) is 36.6 Å². The lowest BCUT2D eigenvalue weighted by atomic mass is 9.84. The molecule has 3 fully saturated rings. The molecule has 1 saturated carbocycles. The second kappa shape index (κ2) is 5.50. The van der Waals surface area contributed by atoms with Crippen LogP contribution >= 0.6 is 0 Å². The summed E-state index contributed by atoms with van der Waals surface area (Å²) in [4.78, 5) is 2.96. The van der Waals surface area contributed by atoms with Gasteiger partial charge in [-0.25, -0.2) is 0 Å². The zero-order valence-corrected chi connectivity index (χ0v) is 12.2. The van der Waals surface area contributed by atoms with Crippen molar-refractivity contribution in [1.82, 2.24) is 10.2 Å². The SMILES string of the molecule is CCNC1CC2CCC(C1)N2C1CCC(C)CC1. The lowest BCUT2D eigenvalue weighted by Crippen LogP contribution is -2.53. The van der Waals surface area contributed by atoms with Gasteiger partial charge in [0.15, 0.2) is 0 Å². The van der Waals surface area contributed by atoms with Crippen molar-refractivity contribution in [1.29, 1.82) is 0 Å². The van der Waals surface area contributed by atoms with Gasteiger partial charge >= 0.3 is 0 Å². The lowest BCUT2D eigenvalue weighted by Gasteiger charge is -2.45. The monoisotopic (exact) mass is 250 g/mol. The topological polar surface area (TPSA) is 15.3 Å². The predicted molar refractivity (Wildman–Crippen MR) is 76.8 cm³/mol. The van der Waals surface area contributed by atoms with Crippen molar-refractivity contribution in [3.63, 3.8) is 0 Å². The number of hydrogen-bond acceptors (Lipinski definition) is 2. The summed E-state index contributed by atoms with van der Waals surface area (Å²) in [5.41, 5.74) is 0. The molecule has 0 aromatic rings. The Bertz CT molecular complexity index is 256. The van der Waals surface area contributed by atoms with Crippen LogP contribution in [0.4, 0.5) is 0 Å². The number of nitrogens with one attached hydrogen (secondary N) is 1. The first-order chi connectivity index (χ1) is 8.78. The Kier molecular flexibility index (Phi) is 3.95. The van der Waals surface area contributed by atoms with E-state index in [2.05, 4.69) is 24.1 Å². The molecule has 3 aliphatic rings. The Morgan fingerprint density at radius 3 is 2.00 bits per heavy atom. The fourth-order valence-corrected chi connectivity index (χ4v) is 4.81. The molecule has 0 aromatic heterocycles. The molecule has 2 heterocycles. The van der Waals surface area contributed by atoms with E-state index in [9.17, 15) is 0 Å². The largest absolute Gasteiger partial charge is 0.314 e. The van der Waals surface area contributed by atoms with Crippen molar-refractivity contribution in [2.24, 2.45) is 5.92 Å². The van der Waals surface area contributed by atoms with Gasteiger partial charge in [0.25, 0.3) is 0 Å². The van der Waals surface area contributed by atoms with E-state index in [1.165, 1.54) is 51.4 Å². The van der Waals surface area contributed by atoms with Gasteiger partial charge < -0.3 is 5.32 Å². The molecule has 2 nitrogen and oxygen atoms in total. The molecular weight excluding hydrogens is 220 g/mol. The fourth-order valence-electron chi connectivity index (χ4n) is 4.81. The second-order valence-corrected chi connectivity index (χ2v) is 6.97. The van der Waals surface area contributed by atoms with E-state index in [1.807, 2.05) is 0 Å². The number of piperidine rings is 1. The second-order valence-electron chi connectivity index (χ2n) is 6.97. The molecule has 0 aromatic carbocycles. The fraction of sp³-hybridized carbons (Fsp3) is 1.00. The quantitative estimate of drug-likeness (QED) is 0.827. The smallest absolute Gasteiger partial charge is 0.0116 e. The third-order valence-corrected chi connectivity index (χ3v) is 5.69. The number of nitrogens with zero attached hydrogens (tertiary/aromatic N) is 1. The zero-order chi connectivity index (χ0) is 12.5. The summed E-state index contributed by atoms with van der Waals surface area (Å²) >= 11 is 0. The van der Waals surface area contributed by atoms with Crippen LogP contribution in [0.25, 0.3) is 0 Å². The van der Waals surface area contributed by atoms with Gasteiger partial charge in [-0.15, -0.1) is 0 Å². The highest BCUT2D eigenvalue weighted by molar-refractivity contribution is 5.00. The van der Waals surface area contributed by atoms with Crippen molar-refractivity contribution in [2.75, 3.05) is 6.54 Å². The Labute approximate surface area is 113 Å². The molecular formula is C16H30N2. The summed E-state index contributed by atoms with van der Waals surface area (Å²) in [5, 5.41) is 3.69. The van der Waals surface area contributed by atoms with Gasteiger partial charge in [-0.05, 0) is 63.8 Å². The maximum atomic E-state index is 3.69. The standard InChI is InChI=1S/C16H30N2/c1-3-17-13-10-15-8-9-16(11-13)18(15)14-6-4-12(2)5-7-14/h12-17H,3-11H2,1-2H3. The molecule has 2 bridgehead atoms. The molecule has 2 saturated heterocycles. The van der Waals surface area contributed by atoms with Crippen LogP contribution in [0.2, 0.25) is 0 Å². The normalized spacial score (nSPS) is 45.3. The minimum Gasteiger partial charge on any atom is -0.314 e. The number of fused-ring (bicyclic) bond motifs is 2. The summed E-state index contributed by atoms with van der Waals surface area (Å²) in [6, 6.07) is 3.56. The Morgan fingerprint density at radius 1 is 0.889 bits per heavy atom. The molecule has 2 heteroatoms. The third kappa shape index (κ3) is 2.46. The van der Waals surface area contributed by atoms with Crippen molar-refractivity contribution in [2.45, 2.75) is 89.4 Å². The Hall–Kier alpha value is -0.0800. The van der Waals surface area contributed by atoms with E-state index < -0.39 is 0 Å². The number of hydrogen-bond donors (Lipinski definition) is 1. The average Bonchev–Trinajstić information content (AvgIpc) is 2.63. The first-order valence-corrected chi connectivity index (χ1v) is 8.28. The van der Waals surface area contributed by atoms with Crippen molar-refractivity contribution < 1.29 is 0 Å². The summed E-state index contributed by atoms with van der Waals surface area (Å²) in [6.45, 7) is 5.82. The minimum absolute atomic E-state index is 0.811. The maximum absolute atomic E-state index is 3.69. The van der Waals surface area contributed by atoms with Gasteiger partial charge in [-0.3, -0.25) is 4.90 Å². The van der Waals surface area contributed by atoms with Crippen molar-refractivity contribution in [3.05, 3.63) is 0 Å². The maximum Gasteiger partial charge on any atom is 0.0116 e. The summed E-state index contributed by atoms with van der Waals surface area (Å²) in [5.74, 6) is 0.984. The zero-order valence-electron chi connectivity index (χ0n) is 12.2. The highest BCUT2D eigenvalue weighted by Crippen LogP contribution is 2.41. The minimum atomic E-state index is 0.811. The molecule has 2 atom stereocenters. The van der Waals surface area contributed by atoms with Gasteiger partial charge in [0, 0.05) is 24.2 Å². The van der Waals surface area contributed by atoms with Crippen LogP contribution in [-0.2, 0) is 0 Å². The molecule has 0 amide bonds. The van der Waals surface area contributed by atoms with Crippen LogP contribution in [0.15, 0.2) is 0 Å². The third-order valence-electron chi connectivity index (χ3n) is 5.69. The predicted octanol–water partition coefficient (Wildman–Crippen LogP) is 3.17. The van der Waals surface area contributed by atoms with Gasteiger partial charge in [-0.2, -0.15) is 0 Å². The highest BCUT2D eigenvalue weighted by Gasteiger charge is 2.43. The van der Waals surface area contributed by atoms with Gasteiger partial charge in [0.05, 0.1) is 0 Å². The van der Waals surface area contributed by atoms with Gasteiger partial charge in [-0.1, -0.05) is 13.8 Å².